The van der Waals surface area contributed by atoms with Crippen LogP contribution in [0.15, 0.2) is 31.0 Å². The number of hydrogen-bond acceptors (Lipinski definition) is 4. The van der Waals surface area contributed by atoms with Crippen LogP contribution in [-0.2, 0) is 0 Å². The fourth-order valence-electron chi connectivity index (χ4n) is 3.88. The zero-order valence-corrected chi connectivity index (χ0v) is 13.3. The zero-order chi connectivity index (χ0) is 14.4. The Bertz CT molecular complexity index is 669. The van der Waals surface area contributed by atoms with Crippen molar-refractivity contribution in [2.75, 3.05) is 26.7 Å². The van der Waals surface area contributed by atoms with E-state index in [1.807, 2.05) is 6.20 Å². The van der Waals surface area contributed by atoms with Crippen LogP contribution in [-0.4, -0.2) is 46.9 Å². The van der Waals surface area contributed by atoms with Crippen molar-refractivity contribution in [3.63, 3.8) is 0 Å². The number of aromatic nitrogens is 1. The molecule has 110 valence electrons. The maximum absolute atomic E-state index is 4.40. The lowest BCUT2D eigenvalue weighted by atomic mass is 9.83. The second-order valence-corrected chi connectivity index (χ2v) is 7.11. The number of piperidine rings is 3. The van der Waals surface area contributed by atoms with Gasteiger partial charge in [-0.2, -0.15) is 4.37 Å². The molecule has 5 rings (SSSR count). The van der Waals surface area contributed by atoms with E-state index in [4.69, 9.17) is 0 Å². The van der Waals surface area contributed by atoms with E-state index in [9.17, 15) is 0 Å². The van der Waals surface area contributed by atoms with Crippen molar-refractivity contribution in [3.05, 3.63) is 36.5 Å². The van der Waals surface area contributed by atoms with E-state index in [1.165, 1.54) is 48.1 Å². The van der Waals surface area contributed by atoms with Gasteiger partial charge in [0.2, 0.25) is 0 Å². The summed E-state index contributed by atoms with van der Waals surface area (Å²) >= 11 is 1.57. The Hall–Kier alpha value is -1.39. The minimum Gasteiger partial charge on any atom is -0.370 e. The van der Waals surface area contributed by atoms with Crippen LogP contribution in [0.3, 0.4) is 0 Å². The van der Waals surface area contributed by atoms with Gasteiger partial charge < -0.3 is 9.80 Å². The van der Waals surface area contributed by atoms with Crippen LogP contribution in [0.25, 0.3) is 15.8 Å². The van der Waals surface area contributed by atoms with E-state index in [-0.39, 0.29) is 0 Å². The van der Waals surface area contributed by atoms with Gasteiger partial charge in [-0.25, -0.2) is 0 Å². The predicted octanol–water partition coefficient (Wildman–Crippen LogP) is 3.29. The summed E-state index contributed by atoms with van der Waals surface area (Å²) in [5.74, 6) is 0.831. The Balaban J connectivity index is 1.63. The van der Waals surface area contributed by atoms with Gasteiger partial charge in [-0.05, 0) is 43.4 Å². The van der Waals surface area contributed by atoms with Gasteiger partial charge in [-0.15, -0.1) is 0 Å². The molecule has 3 saturated heterocycles. The first-order chi connectivity index (χ1) is 10.2. The van der Waals surface area contributed by atoms with Crippen LogP contribution in [0.1, 0.15) is 18.4 Å². The summed E-state index contributed by atoms with van der Waals surface area (Å²) in [7, 11) is 2.22. The molecule has 0 aliphatic carbocycles. The summed E-state index contributed by atoms with van der Waals surface area (Å²) in [6.07, 6.45) is 4.63. The number of benzene rings is 1. The van der Waals surface area contributed by atoms with Crippen LogP contribution in [0.2, 0.25) is 0 Å². The van der Waals surface area contributed by atoms with E-state index >= 15 is 0 Å². The average molecular weight is 299 g/mol. The highest BCUT2D eigenvalue weighted by molar-refractivity contribution is 7.13. The molecule has 1 atom stereocenters. The van der Waals surface area contributed by atoms with Gasteiger partial charge in [0, 0.05) is 42.5 Å². The molecule has 3 aliphatic heterocycles. The number of nitrogens with zero attached hydrogens (tertiary/aromatic N) is 3. The van der Waals surface area contributed by atoms with Gasteiger partial charge >= 0.3 is 0 Å². The first kappa shape index (κ1) is 13.3. The maximum atomic E-state index is 4.40. The smallest absolute Gasteiger partial charge is 0.0642 e. The molecule has 0 saturated carbocycles. The van der Waals surface area contributed by atoms with Gasteiger partial charge in [0.25, 0.3) is 0 Å². The van der Waals surface area contributed by atoms with E-state index in [0.717, 1.165) is 11.6 Å². The molecule has 4 heterocycles. The minimum atomic E-state index is 0.614. The summed E-state index contributed by atoms with van der Waals surface area (Å²) in [5, 5.41) is 1.22. The Morgan fingerprint density at radius 3 is 2.90 bits per heavy atom. The molecule has 3 fully saturated rings. The van der Waals surface area contributed by atoms with Crippen molar-refractivity contribution < 1.29 is 0 Å². The van der Waals surface area contributed by atoms with Crippen LogP contribution >= 0.6 is 11.5 Å². The van der Waals surface area contributed by atoms with Crippen LogP contribution in [0, 0.1) is 5.92 Å². The highest BCUT2D eigenvalue weighted by Crippen LogP contribution is 2.35. The molecule has 1 aromatic heterocycles. The molecule has 4 heteroatoms. The fourth-order valence-corrected chi connectivity index (χ4v) is 4.67. The standard InChI is InChI=1S/C17H21N3S/c1-12(15-5-3-4-14-10-18-21-17(14)15)19(2)16-11-20-8-6-13(16)7-9-20/h3-5,10,13,16H,1,6-9,11H2,2H3. The van der Waals surface area contributed by atoms with E-state index in [2.05, 4.69) is 46.0 Å². The lowest BCUT2D eigenvalue weighted by Gasteiger charge is -2.49. The highest BCUT2D eigenvalue weighted by Gasteiger charge is 2.36. The monoisotopic (exact) mass is 299 g/mol. The van der Waals surface area contributed by atoms with Crippen LogP contribution in [0.4, 0.5) is 0 Å². The van der Waals surface area contributed by atoms with Gasteiger partial charge in [-0.1, -0.05) is 24.8 Å². The molecule has 3 aliphatic rings. The normalized spacial score (nSPS) is 28.0. The molecule has 21 heavy (non-hydrogen) atoms. The molecule has 0 radical (unpaired) electrons. The lowest BCUT2D eigenvalue weighted by molar-refractivity contribution is 0.0389. The fraction of sp³-hybridized carbons (Fsp3) is 0.471. The Kier molecular flexibility index (Phi) is 3.23. The molecule has 1 unspecified atom stereocenters. The molecule has 0 amide bonds. The summed E-state index contributed by atoms with van der Waals surface area (Å²) in [6.45, 7) is 8.16. The zero-order valence-electron chi connectivity index (χ0n) is 12.5. The maximum Gasteiger partial charge on any atom is 0.0642 e. The summed E-state index contributed by atoms with van der Waals surface area (Å²) in [6, 6.07) is 7.04. The average Bonchev–Trinajstić information content (AvgIpc) is 3.03. The molecule has 0 N–H and O–H groups in total. The molecule has 2 aromatic rings. The molecular formula is C17H21N3S. The first-order valence-corrected chi connectivity index (χ1v) is 8.49. The third-order valence-electron chi connectivity index (χ3n) is 5.24. The first-order valence-electron chi connectivity index (χ1n) is 7.72. The van der Waals surface area contributed by atoms with E-state index in [0.29, 0.717) is 6.04 Å². The van der Waals surface area contributed by atoms with E-state index in [1.54, 1.807) is 11.5 Å². The Morgan fingerprint density at radius 2 is 2.19 bits per heavy atom. The van der Waals surface area contributed by atoms with Crippen molar-refractivity contribution in [1.29, 1.82) is 0 Å². The Labute approximate surface area is 130 Å². The summed E-state index contributed by atoms with van der Waals surface area (Å²) < 4.78 is 5.59. The van der Waals surface area contributed by atoms with Crippen LogP contribution in [0.5, 0.6) is 0 Å². The minimum absolute atomic E-state index is 0.614. The molecule has 2 bridgehead atoms. The summed E-state index contributed by atoms with van der Waals surface area (Å²) in [4.78, 5) is 5.02. The number of fused-ring (bicyclic) bond motifs is 4. The van der Waals surface area contributed by atoms with Crippen LogP contribution < -0.4 is 0 Å². The number of hydrogen-bond donors (Lipinski definition) is 0. The second kappa shape index (κ2) is 5.11. The van der Waals surface area contributed by atoms with Crippen molar-refractivity contribution in [2.45, 2.75) is 18.9 Å². The predicted molar refractivity (Wildman–Crippen MR) is 89.4 cm³/mol. The van der Waals surface area contributed by atoms with Gasteiger partial charge in [-0.3, -0.25) is 0 Å². The third kappa shape index (κ3) is 2.17. The molecule has 1 aromatic carbocycles. The molecule has 3 nitrogen and oxygen atoms in total. The Morgan fingerprint density at radius 1 is 1.38 bits per heavy atom. The molecule has 0 spiro atoms. The van der Waals surface area contributed by atoms with Gasteiger partial charge in [0.1, 0.15) is 0 Å². The van der Waals surface area contributed by atoms with Crippen molar-refractivity contribution in [1.82, 2.24) is 14.2 Å². The van der Waals surface area contributed by atoms with Gasteiger partial charge in [0.05, 0.1) is 4.70 Å². The number of rotatable bonds is 3. The van der Waals surface area contributed by atoms with Crippen molar-refractivity contribution in [2.24, 2.45) is 5.92 Å². The van der Waals surface area contributed by atoms with Crippen molar-refractivity contribution >= 4 is 27.3 Å². The topological polar surface area (TPSA) is 19.4 Å². The molecular weight excluding hydrogens is 278 g/mol. The number of likely N-dealkylation sites (N-methyl/N-ethyl adjacent to an activating group) is 1. The highest BCUT2D eigenvalue weighted by atomic mass is 32.1. The summed E-state index contributed by atoms with van der Waals surface area (Å²) in [5.41, 5.74) is 2.39. The quantitative estimate of drug-likeness (QED) is 0.867. The third-order valence-corrected chi connectivity index (χ3v) is 6.09. The SMILES string of the molecule is C=C(c1cccc2cnsc12)N(C)C1CN2CCC1CC2. The lowest BCUT2D eigenvalue weighted by Crippen LogP contribution is -2.55. The second-order valence-electron chi connectivity index (χ2n) is 6.31. The van der Waals surface area contributed by atoms with Gasteiger partial charge in [0.15, 0.2) is 0 Å². The largest absolute Gasteiger partial charge is 0.370 e. The van der Waals surface area contributed by atoms with Crippen molar-refractivity contribution in [3.8, 4) is 0 Å². The van der Waals surface area contributed by atoms with E-state index < -0.39 is 0 Å².